The first-order valence-corrected chi connectivity index (χ1v) is 10.4. The molecule has 0 fully saturated rings. The summed E-state index contributed by atoms with van der Waals surface area (Å²) < 4.78 is 2.21. The predicted octanol–water partition coefficient (Wildman–Crippen LogP) is 4.09. The zero-order valence-corrected chi connectivity index (χ0v) is 17.5. The lowest BCUT2D eigenvalue weighted by Crippen LogP contribution is -2.34. The third kappa shape index (κ3) is 8.47. The van der Waals surface area contributed by atoms with Gasteiger partial charge in [-0.2, -0.15) is 0 Å². The Balaban J connectivity index is 1.92. The minimum atomic E-state index is -1.07. The minimum Gasteiger partial charge on any atom is -0.480 e. The van der Waals surface area contributed by atoms with E-state index in [4.69, 9.17) is 10.2 Å². The van der Waals surface area contributed by atoms with E-state index >= 15 is 0 Å². The van der Waals surface area contributed by atoms with Gasteiger partial charge in [0.1, 0.15) is 19.6 Å². The Hall–Kier alpha value is -3.15. The second-order valence-electron chi connectivity index (χ2n) is 7.35. The van der Waals surface area contributed by atoms with E-state index in [1.165, 1.54) is 37.0 Å². The van der Waals surface area contributed by atoms with Gasteiger partial charge in [-0.1, -0.05) is 50.5 Å². The van der Waals surface area contributed by atoms with Gasteiger partial charge in [0.25, 0.3) is 0 Å². The van der Waals surface area contributed by atoms with E-state index in [1.54, 1.807) is 12.1 Å². The van der Waals surface area contributed by atoms with Gasteiger partial charge in [-0.15, -0.1) is 0 Å². The summed E-state index contributed by atoms with van der Waals surface area (Å²) in [5.74, 6) is -2.13. The molecular weight excluding hydrogens is 380 g/mol. The summed E-state index contributed by atoms with van der Waals surface area (Å²) in [5, 5.41) is 18.0. The quantitative estimate of drug-likeness (QED) is 0.383. The second-order valence-corrected chi connectivity index (χ2v) is 7.35. The Morgan fingerprint density at radius 2 is 1.37 bits per heavy atom. The Morgan fingerprint density at radius 1 is 0.833 bits per heavy atom. The van der Waals surface area contributed by atoms with Crippen molar-refractivity contribution in [2.45, 2.75) is 45.6 Å². The number of aromatic nitrogens is 1. The van der Waals surface area contributed by atoms with Gasteiger partial charge in [-0.25, -0.2) is 4.57 Å². The Labute approximate surface area is 178 Å². The molecule has 0 aliphatic carbocycles. The molecule has 0 bridgehead atoms. The molecule has 1 heterocycles. The number of carboxylic acids is 2. The van der Waals surface area contributed by atoms with Crippen molar-refractivity contribution >= 4 is 29.8 Å². The summed E-state index contributed by atoms with van der Waals surface area (Å²) in [6.07, 6.45) is 14.5. The monoisotopic (exact) mass is 411 g/mol. The Kier molecular flexibility index (Phi) is 9.58. The van der Waals surface area contributed by atoms with E-state index in [-0.39, 0.29) is 13.1 Å². The number of aliphatic carboxylic acids is 2. The zero-order chi connectivity index (χ0) is 21.8. The molecule has 160 valence electrons. The highest BCUT2D eigenvalue weighted by molar-refractivity contribution is 5.80. The van der Waals surface area contributed by atoms with Gasteiger partial charge in [-0.05, 0) is 29.7 Å². The molecule has 2 rings (SSSR count). The standard InChI is InChI=1S/C24H30N2O4/c1-2-3-4-5-6-15-25-16-13-21(14-17-25)8-7-20-9-11-22(12-10-20)26(18-23(27)28)19-24(29)30/h7-14,16-17H,2-6,15,18-19H2,1H3,(H-,27,28,29,30)/p+1. The summed E-state index contributed by atoms with van der Waals surface area (Å²) in [4.78, 5) is 23.3. The van der Waals surface area contributed by atoms with Crippen LogP contribution in [0.1, 0.15) is 50.2 Å². The number of hydrogen-bond donors (Lipinski definition) is 2. The smallest absolute Gasteiger partial charge is 0.323 e. The van der Waals surface area contributed by atoms with Gasteiger partial charge in [0, 0.05) is 24.2 Å². The average molecular weight is 412 g/mol. The predicted molar refractivity (Wildman–Crippen MR) is 118 cm³/mol. The van der Waals surface area contributed by atoms with Crippen LogP contribution < -0.4 is 9.47 Å². The van der Waals surface area contributed by atoms with Crippen molar-refractivity contribution in [2.75, 3.05) is 18.0 Å². The molecular formula is C24H31N2O4+. The first-order chi connectivity index (χ1) is 14.5. The third-order valence-corrected chi connectivity index (χ3v) is 4.82. The number of rotatable bonds is 13. The SMILES string of the molecule is CCCCCCC[n+]1ccc(/C=C\c2ccc(N(CC(=O)O)CC(=O)O)cc2)cc1. The molecule has 1 aromatic heterocycles. The van der Waals surface area contributed by atoms with Crippen molar-refractivity contribution in [2.24, 2.45) is 0 Å². The molecule has 2 aromatic rings. The third-order valence-electron chi connectivity index (χ3n) is 4.82. The summed E-state index contributed by atoms with van der Waals surface area (Å²) in [6.45, 7) is 2.55. The molecule has 0 aliphatic heterocycles. The van der Waals surface area contributed by atoms with E-state index < -0.39 is 11.9 Å². The molecule has 30 heavy (non-hydrogen) atoms. The first-order valence-electron chi connectivity index (χ1n) is 10.4. The molecule has 6 heteroatoms. The van der Waals surface area contributed by atoms with Crippen LogP contribution in [0.15, 0.2) is 48.8 Å². The van der Waals surface area contributed by atoms with Crippen molar-refractivity contribution in [3.8, 4) is 0 Å². The number of anilines is 1. The average Bonchev–Trinajstić information content (AvgIpc) is 2.72. The number of benzene rings is 1. The normalized spacial score (nSPS) is 11.0. The summed E-state index contributed by atoms with van der Waals surface area (Å²) in [7, 11) is 0. The largest absolute Gasteiger partial charge is 0.480 e. The van der Waals surface area contributed by atoms with Crippen LogP contribution in [0, 0.1) is 0 Å². The second kappa shape index (κ2) is 12.4. The van der Waals surface area contributed by atoms with E-state index in [1.807, 2.05) is 24.3 Å². The fraction of sp³-hybridized carbons (Fsp3) is 0.375. The van der Waals surface area contributed by atoms with E-state index in [9.17, 15) is 9.59 Å². The number of nitrogens with zero attached hydrogens (tertiary/aromatic N) is 2. The van der Waals surface area contributed by atoms with Crippen LogP contribution in [0.5, 0.6) is 0 Å². The number of unbranched alkanes of at least 4 members (excludes halogenated alkanes) is 4. The van der Waals surface area contributed by atoms with Crippen LogP contribution in [-0.2, 0) is 16.1 Å². The topological polar surface area (TPSA) is 81.7 Å². The maximum absolute atomic E-state index is 11.0. The van der Waals surface area contributed by atoms with Gasteiger partial charge in [0.2, 0.25) is 0 Å². The van der Waals surface area contributed by atoms with Gasteiger partial charge in [0.05, 0.1) is 0 Å². The lowest BCUT2D eigenvalue weighted by molar-refractivity contribution is -0.697. The fourth-order valence-corrected chi connectivity index (χ4v) is 3.18. The van der Waals surface area contributed by atoms with Crippen molar-refractivity contribution in [1.29, 1.82) is 0 Å². The highest BCUT2D eigenvalue weighted by atomic mass is 16.4. The van der Waals surface area contributed by atoms with Crippen LogP contribution in [0.3, 0.4) is 0 Å². The van der Waals surface area contributed by atoms with Gasteiger partial charge >= 0.3 is 11.9 Å². The maximum atomic E-state index is 11.0. The van der Waals surface area contributed by atoms with Crippen molar-refractivity contribution in [3.63, 3.8) is 0 Å². The van der Waals surface area contributed by atoms with E-state index in [0.29, 0.717) is 5.69 Å². The molecule has 2 N–H and O–H groups in total. The Morgan fingerprint density at radius 3 is 1.90 bits per heavy atom. The molecule has 0 amide bonds. The highest BCUT2D eigenvalue weighted by Crippen LogP contribution is 2.17. The highest BCUT2D eigenvalue weighted by Gasteiger charge is 2.13. The first kappa shape index (κ1) is 23.1. The van der Waals surface area contributed by atoms with Gasteiger partial charge in [-0.3, -0.25) is 9.59 Å². The van der Waals surface area contributed by atoms with Crippen molar-refractivity contribution < 1.29 is 24.4 Å². The van der Waals surface area contributed by atoms with Gasteiger partial charge in [0.15, 0.2) is 12.4 Å². The molecule has 0 atom stereocenters. The van der Waals surface area contributed by atoms with Crippen LogP contribution in [0.2, 0.25) is 0 Å². The number of pyridine rings is 1. The molecule has 0 saturated heterocycles. The lowest BCUT2D eigenvalue weighted by atomic mass is 10.1. The fourth-order valence-electron chi connectivity index (χ4n) is 3.18. The van der Waals surface area contributed by atoms with Crippen molar-refractivity contribution in [1.82, 2.24) is 0 Å². The Bertz CT molecular complexity index is 813. The number of carboxylic acid groups (broad SMARTS) is 2. The summed E-state index contributed by atoms with van der Waals surface area (Å²) in [6, 6.07) is 11.3. The molecule has 0 aliphatic rings. The van der Waals surface area contributed by atoms with Crippen molar-refractivity contribution in [3.05, 3.63) is 59.9 Å². The molecule has 6 nitrogen and oxygen atoms in total. The number of carbonyl (C=O) groups is 2. The van der Waals surface area contributed by atoms with Crippen LogP contribution in [-0.4, -0.2) is 35.2 Å². The minimum absolute atomic E-state index is 0.357. The van der Waals surface area contributed by atoms with E-state index in [2.05, 4.69) is 36.0 Å². The molecule has 0 unspecified atom stereocenters. The zero-order valence-electron chi connectivity index (χ0n) is 17.5. The lowest BCUT2D eigenvalue weighted by Gasteiger charge is -2.20. The summed E-state index contributed by atoms with van der Waals surface area (Å²) >= 11 is 0. The van der Waals surface area contributed by atoms with E-state index in [0.717, 1.165) is 17.7 Å². The van der Waals surface area contributed by atoms with Crippen LogP contribution in [0.4, 0.5) is 5.69 Å². The molecule has 1 aromatic carbocycles. The molecule has 0 radical (unpaired) electrons. The molecule has 0 spiro atoms. The van der Waals surface area contributed by atoms with Crippen LogP contribution >= 0.6 is 0 Å². The summed E-state index contributed by atoms with van der Waals surface area (Å²) in [5.41, 5.74) is 2.62. The number of aryl methyl sites for hydroxylation is 1. The number of hydrogen-bond acceptors (Lipinski definition) is 3. The van der Waals surface area contributed by atoms with Crippen LogP contribution in [0.25, 0.3) is 12.2 Å². The van der Waals surface area contributed by atoms with Gasteiger partial charge < -0.3 is 15.1 Å². The maximum Gasteiger partial charge on any atom is 0.323 e. The molecule has 0 saturated carbocycles.